The molecule has 0 aliphatic rings. The molecule has 0 spiro atoms. The fourth-order valence-corrected chi connectivity index (χ4v) is 3.04. The van der Waals surface area contributed by atoms with Crippen LogP contribution >= 0.6 is 11.3 Å². The highest BCUT2D eigenvalue weighted by Gasteiger charge is 2.19. The average molecular weight is 357 g/mol. The van der Waals surface area contributed by atoms with Gasteiger partial charge in [-0.05, 0) is 13.0 Å². The first-order valence-corrected chi connectivity index (χ1v) is 8.54. The number of aryl methyl sites for hydroxylation is 1. The molecule has 9 heteroatoms. The van der Waals surface area contributed by atoms with E-state index in [0.717, 1.165) is 22.1 Å². The minimum absolute atomic E-state index is 0.140. The van der Waals surface area contributed by atoms with Crippen molar-refractivity contribution in [3.8, 4) is 10.6 Å². The maximum Gasteiger partial charge on any atom is 0.326 e. The number of carbonyl (C=O) groups is 1. The minimum atomic E-state index is -0.398. The Bertz CT molecular complexity index is 880. The molecule has 3 aromatic heterocycles. The number of carbonyl (C=O) groups excluding carboxylic acids is 1. The fourth-order valence-electron chi connectivity index (χ4n) is 2.11. The van der Waals surface area contributed by atoms with Crippen LogP contribution < -0.4 is 10.6 Å². The number of anilines is 2. The Balaban J connectivity index is 1.80. The van der Waals surface area contributed by atoms with Crippen LogP contribution in [0.15, 0.2) is 24.5 Å². The maximum absolute atomic E-state index is 12.0. The lowest BCUT2D eigenvalue weighted by molar-refractivity contribution is 0.262. The number of aromatic nitrogens is 5. The van der Waals surface area contributed by atoms with Gasteiger partial charge in [-0.25, -0.2) is 19.7 Å². The molecule has 0 saturated heterocycles. The average Bonchev–Trinajstić information content (AvgIpc) is 3.16. The largest absolute Gasteiger partial charge is 0.326 e. The van der Waals surface area contributed by atoms with Gasteiger partial charge in [0.25, 0.3) is 0 Å². The highest BCUT2D eigenvalue weighted by Crippen LogP contribution is 2.32. The van der Waals surface area contributed by atoms with Crippen molar-refractivity contribution in [3.63, 3.8) is 0 Å². The van der Waals surface area contributed by atoms with Crippen LogP contribution in [-0.2, 0) is 5.41 Å². The number of thiazole rings is 1. The zero-order valence-corrected chi connectivity index (χ0v) is 15.2. The van der Waals surface area contributed by atoms with Gasteiger partial charge in [0.1, 0.15) is 5.82 Å². The molecule has 0 atom stereocenters. The second-order valence-electron chi connectivity index (χ2n) is 6.49. The number of urea groups is 1. The van der Waals surface area contributed by atoms with Gasteiger partial charge in [-0.15, -0.1) is 0 Å². The smallest absolute Gasteiger partial charge is 0.291 e. The molecule has 0 fully saturated rings. The van der Waals surface area contributed by atoms with Crippen molar-refractivity contribution >= 4 is 28.3 Å². The van der Waals surface area contributed by atoms with Crippen molar-refractivity contribution in [2.24, 2.45) is 0 Å². The zero-order chi connectivity index (χ0) is 18.0. The van der Waals surface area contributed by atoms with Crippen molar-refractivity contribution in [1.82, 2.24) is 25.1 Å². The Morgan fingerprint density at radius 1 is 1.20 bits per heavy atom. The molecule has 0 aromatic carbocycles. The van der Waals surface area contributed by atoms with Gasteiger partial charge in [0.15, 0.2) is 10.9 Å². The number of nitrogens with one attached hydrogen (secondary N) is 3. The maximum atomic E-state index is 12.0. The summed E-state index contributed by atoms with van der Waals surface area (Å²) in [5.74, 6) is 1.21. The first-order chi connectivity index (χ1) is 11.8. The van der Waals surface area contributed by atoms with E-state index in [9.17, 15) is 4.79 Å². The summed E-state index contributed by atoms with van der Waals surface area (Å²) < 4.78 is 0. The number of nitrogens with zero attached hydrogens (tertiary/aromatic N) is 4. The molecule has 0 aliphatic carbocycles. The Labute approximate surface area is 149 Å². The summed E-state index contributed by atoms with van der Waals surface area (Å²) in [4.78, 5) is 26.3. The third-order valence-corrected chi connectivity index (χ3v) is 4.41. The van der Waals surface area contributed by atoms with Crippen LogP contribution in [0.2, 0.25) is 0 Å². The van der Waals surface area contributed by atoms with E-state index in [1.807, 2.05) is 13.0 Å². The number of hydrogen-bond acceptors (Lipinski definition) is 6. The van der Waals surface area contributed by atoms with Crippen LogP contribution in [0.5, 0.6) is 0 Å². The molecule has 0 bridgehead atoms. The fraction of sp³-hybridized carbons (Fsp3) is 0.312. The topological polar surface area (TPSA) is 108 Å². The lowest BCUT2D eigenvalue weighted by atomic mass is 9.95. The molecule has 8 nitrogen and oxygen atoms in total. The summed E-state index contributed by atoms with van der Waals surface area (Å²) >= 11 is 1.37. The van der Waals surface area contributed by atoms with E-state index >= 15 is 0 Å². The van der Waals surface area contributed by atoms with E-state index < -0.39 is 6.03 Å². The van der Waals surface area contributed by atoms with Crippen LogP contribution in [0, 0.1) is 6.92 Å². The van der Waals surface area contributed by atoms with Crippen molar-refractivity contribution < 1.29 is 4.79 Å². The molecule has 25 heavy (non-hydrogen) atoms. The lowest BCUT2D eigenvalue weighted by Crippen LogP contribution is -2.19. The number of hydrogen-bond donors (Lipinski definition) is 3. The summed E-state index contributed by atoms with van der Waals surface area (Å²) in [5.41, 5.74) is 1.47. The molecule has 0 radical (unpaired) electrons. The van der Waals surface area contributed by atoms with E-state index in [0.29, 0.717) is 10.9 Å². The second kappa shape index (κ2) is 6.60. The quantitative estimate of drug-likeness (QED) is 0.664. The molecule has 3 N–H and O–H groups in total. The standard InChI is InChI=1S/C16H19N7OS/c1-9-12(10-5-7-17-13(20-10)16(2,3)4)25-15(19-9)22-14(24)21-11-6-8-18-23-11/h5-8H,1-4H3,(H3,18,19,21,22,23,24). The van der Waals surface area contributed by atoms with Crippen LogP contribution in [0.4, 0.5) is 15.7 Å². The highest BCUT2D eigenvalue weighted by atomic mass is 32.1. The van der Waals surface area contributed by atoms with E-state index in [-0.39, 0.29) is 5.41 Å². The summed E-state index contributed by atoms with van der Waals surface area (Å²) in [6, 6.07) is 3.11. The summed E-state index contributed by atoms with van der Waals surface area (Å²) in [5, 5.41) is 12.3. The molecule has 3 rings (SSSR count). The lowest BCUT2D eigenvalue weighted by Gasteiger charge is -2.16. The molecule has 3 aromatic rings. The van der Waals surface area contributed by atoms with Gasteiger partial charge >= 0.3 is 6.03 Å². The summed E-state index contributed by atoms with van der Waals surface area (Å²) in [6.45, 7) is 8.09. The second-order valence-corrected chi connectivity index (χ2v) is 7.49. The third kappa shape index (κ3) is 4.00. The molecule has 3 heterocycles. The molecule has 130 valence electrons. The van der Waals surface area contributed by atoms with Gasteiger partial charge in [0.2, 0.25) is 0 Å². The predicted molar refractivity (Wildman–Crippen MR) is 97.8 cm³/mol. The Kier molecular flexibility index (Phi) is 4.49. The zero-order valence-electron chi connectivity index (χ0n) is 14.4. The highest BCUT2D eigenvalue weighted by molar-refractivity contribution is 7.19. The summed E-state index contributed by atoms with van der Waals surface area (Å²) in [7, 11) is 0. The normalized spacial score (nSPS) is 11.4. The first-order valence-electron chi connectivity index (χ1n) is 7.72. The van der Waals surface area contributed by atoms with Gasteiger partial charge in [0, 0.05) is 23.9 Å². The first kappa shape index (κ1) is 17.0. The Morgan fingerprint density at radius 3 is 2.68 bits per heavy atom. The van der Waals surface area contributed by atoms with Crippen molar-refractivity contribution in [3.05, 3.63) is 36.0 Å². The van der Waals surface area contributed by atoms with E-state index in [2.05, 4.69) is 56.6 Å². The van der Waals surface area contributed by atoms with E-state index in [4.69, 9.17) is 0 Å². The van der Waals surface area contributed by atoms with Crippen molar-refractivity contribution in [1.29, 1.82) is 0 Å². The van der Waals surface area contributed by atoms with Gasteiger partial charge in [-0.2, -0.15) is 5.10 Å². The molecular formula is C16H19N7OS. The number of H-pyrrole nitrogens is 1. The van der Waals surface area contributed by atoms with Crippen molar-refractivity contribution in [2.45, 2.75) is 33.1 Å². The summed E-state index contributed by atoms with van der Waals surface area (Å²) in [6.07, 6.45) is 3.38. The van der Waals surface area contributed by atoms with Crippen LogP contribution in [0.3, 0.4) is 0 Å². The van der Waals surface area contributed by atoms with Crippen molar-refractivity contribution in [2.75, 3.05) is 10.6 Å². The van der Waals surface area contributed by atoms with Gasteiger partial charge in [0.05, 0.1) is 16.3 Å². The Hall–Kier alpha value is -2.81. The third-order valence-electron chi connectivity index (χ3n) is 3.32. The van der Waals surface area contributed by atoms with E-state index in [1.165, 1.54) is 11.3 Å². The number of aromatic amines is 1. The molecule has 0 unspecified atom stereocenters. The Morgan fingerprint density at radius 2 is 2.00 bits per heavy atom. The van der Waals surface area contributed by atoms with Crippen LogP contribution in [0.1, 0.15) is 32.3 Å². The van der Waals surface area contributed by atoms with E-state index in [1.54, 1.807) is 18.5 Å². The monoisotopic (exact) mass is 357 g/mol. The minimum Gasteiger partial charge on any atom is -0.291 e. The predicted octanol–water partition coefficient (Wildman–Crippen LogP) is 3.57. The number of amides is 2. The van der Waals surface area contributed by atoms with Gasteiger partial charge < -0.3 is 0 Å². The molecular weight excluding hydrogens is 338 g/mol. The molecule has 2 amide bonds. The van der Waals surface area contributed by atoms with Crippen LogP contribution in [0.25, 0.3) is 10.6 Å². The van der Waals surface area contributed by atoms with Crippen LogP contribution in [-0.4, -0.2) is 31.2 Å². The molecule has 0 saturated carbocycles. The number of rotatable bonds is 3. The van der Waals surface area contributed by atoms with Gasteiger partial charge in [-0.1, -0.05) is 32.1 Å². The molecule has 0 aliphatic heterocycles. The SMILES string of the molecule is Cc1nc(NC(=O)Nc2cc[nH]n2)sc1-c1ccnc(C(C)(C)C)n1. The van der Waals surface area contributed by atoms with Gasteiger partial charge in [-0.3, -0.25) is 15.7 Å².